The maximum Gasteiger partial charge on any atom is 0.336 e. The lowest BCUT2D eigenvalue weighted by molar-refractivity contribution is -0.384. The summed E-state index contributed by atoms with van der Waals surface area (Å²) in [6.45, 7) is 0. The molecule has 0 atom stereocenters. The van der Waals surface area contributed by atoms with Crippen LogP contribution in [0.1, 0.15) is 37.7 Å². The number of hydrogen-bond acceptors (Lipinski definition) is 6. The van der Waals surface area contributed by atoms with Gasteiger partial charge in [-0.1, -0.05) is 31.4 Å². The molecule has 8 nitrogen and oxygen atoms in total. The first-order valence-corrected chi connectivity index (χ1v) is 12.9. The van der Waals surface area contributed by atoms with Crippen molar-refractivity contribution in [3.05, 3.63) is 93.1 Å². The molecule has 9 heteroatoms. The summed E-state index contributed by atoms with van der Waals surface area (Å²) in [5.41, 5.74) is 2.85. The van der Waals surface area contributed by atoms with Crippen molar-refractivity contribution in [2.24, 2.45) is 0 Å². The molecule has 1 aliphatic rings. The van der Waals surface area contributed by atoms with Gasteiger partial charge < -0.3 is 10.1 Å². The van der Waals surface area contributed by atoms with Crippen molar-refractivity contribution in [2.45, 2.75) is 38.1 Å². The second kappa shape index (κ2) is 11.0. The van der Waals surface area contributed by atoms with Crippen molar-refractivity contribution in [1.82, 2.24) is 9.38 Å². The fourth-order valence-electron chi connectivity index (χ4n) is 4.55. The summed E-state index contributed by atoms with van der Waals surface area (Å²) in [5, 5.41) is 14.6. The average molecular weight is 561 g/mol. The maximum atomic E-state index is 12.7. The second-order valence-corrected chi connectivity index (χ2v) is 9.88. The van der Waals surface area contributed by atoms with Crippen LogP contribution in [0.25, 0.3) is 23.0 Å². The number of imidazole rings is 1. The van der Waals surface area contributed by atoms with Gasteiger partial charge in [0.05, 0.1) is 4.92 Å². The number of non-ortho nitro benzene ring substituents is 1. The molecule has 1 saturated carbocycles. The standard InChI is InChI=1S/C28H25BrN4O4/c29-20-13-16-25-31-27(28(32(25)18-20)30-21-6-2-1-3-7-21)23-8-4-5-9-24(23)37-26(34)17-12-19-10-14-22(15-11-19)33(35)36/h4-5,8-18,21,30H,1-3,6-7H2/b17-12+. The van der Waals surface area contributed by atoms with E-state index in [-0.39, 0.29) is 5.69 Å². The molecule has 0 amide bonds. The fourth-order valence-corrected chi connectivity index (χ4v) is 4.89. The molecule has 0 spiro atoms. The third-order valence-electron chi connectivity index (χ3n) is 6.40. The maximum absolute atomic E-state index is 12.7. The molecule has 188 valence electrons. The Labute approximate surface area is 222 Å². The number of halogens is 1. The van der Waals surface area contributed by atoms with Gasteiger partial charge in [-0.2, -0.15) is 0 Å². The van der Waals surface area contributed by atoms with E-state index >= 15 is 0 Å². The molecular weight excluding hydrogens is 536 g/mol. The van der Waals surface area contributed by atoms with E-state index in [4.69, 9.17) is 9.72 Å². The number of para-hydroxylation sites is 1. The number of pyridine rings is 1. The van der Waals surface area contributed by atoms with E-state index < -0.39 is 10.9 Å². The van der Waals surface area contributed by atoms with Gasteiger partial charge >= 0.3 is 5.97 Å². The van der Waals surface area contributed by atoms with Gasteiger partial charge in [-0.25, -0.2) is 9.78 Å². The summed E-state index contributed by atoms with van der Waals surface area (Å²) in [7, 11) is 0. The Bertz CT molecular complexity index is 1470. The highest BCUT2D eigenvalue weighted by Gasteiger charge is 2.22. The zero-order chi connectivity index (χ0) is 25.8. The molecule has 2 heterocycles. The first-order valence-electron chi connectivity index (χ1n) is 12.2. The van der Waals surface area contributed by atoms with Crippen LogP contribution in [-0.4, -0.2) is 26.3 Å². The molecule has 0 bridgehead atoms. The minimum absolute atomic E-state index is 0.00854. The van der Waals surface area contributed by atoms with Gasteiger partial charge in [0, 0.05) is 40.5 Å². The molecule has 0 aliphatic heterocycles. The van der Waals surface area contributed by atoms with Crippen molar-refractivity contribution >= 4 is 45.1 Å². The van der Waals surface area contributed by atoms with Gasteiger partial charge in [-0.3, -0.25) is 14.5 Å². The quantitative estimate of drug-likeness (QED) is 0.0855. The lowest BCUT2D eigenvalue weighted by atomic mass is 9.95. The van der Waals surface area contributed by atoms with E-state index in [1.54, 1.807) is 24.3 Å². The highest BCUT2D eigenvalue weighted by atomic mass is 79.9. The SMILES string of the molecule is O=C(/C=C/c1ccc([N+](=O)[O-])cc1)Oc1ccccc1-c1nc2ccc(Br)cn2c1NC1CCCCC1. The molecule has 1 N–H and O–H groups in total. The summed E-state index contributed by atoms with van der Waals surface area (Å²) in [6, 6.07) is 17.5. The van der Waals surface area contributed by atoms with Crippen LogP contribution in [-0.2, 0) is 4.79 Å². The van der Waals surface area contributed by atoms with Crippen LogP contribution < -0.4 is 10.1 Å². The summed E-state index contributed by atoms with van der Waals surface area (Å²) in [6.07, 6.45) is 10.7. The van der Waals surface area contributed by atoms with E-state index in [1.807, 2.05) is 40.9 Å². The molecule has 1 fully saturated rings. The molecule has 2 aromatic carbocycles. The first kappa shape index (κ1) is 24.7. The van der Waals surface area contributed by atoms with E-state index in [0.29, 0.717) is 28.6 Å². The van der Waals surface area contributed by atoms with Gasteiger partial charge in [0.15, 0.2) is 0 Å². The predicted molar refractivity (Wildman–Crippen MR) is 147 cm³/mol. The predicted octanol–water partition coefficient (Wildman–Crippen LogP) is 7.04. The lowest BCUT2D eigenvalue weighted by Crippen LogP contribution is -2.23. The molecule has 0 unspecified atom stereocenters. The topological polar surface area (TPSA) is 98.8 Å². The number of nitrogens with one attached hydrogen (secondary N) is 1. The Morgan fingerprint density at radius 1 is 1.08 bits per heavy atom. The Hall–Kier alpha value is -3.98. The number of fused-ring (bicyclic) bond motifs is 1. The Morgan fingerprint density at radius 3 is 2.59 bits per heavy atom. The third kappa shape index (κ3) is 5.72. The number of aromatic nitrogens is 2. The minimum Gasteiger partial charge on any atom is -0.423 e. The Morgan fingerprint density at radius 2 is 1.84 bits per heavy atom. The summed E-state index contributed by atoms with van der Waals surface area (Å²) >= 11 is 3.57. The highest BCUT2D eigenvalue weighted by molar-refractivity contribution is 9.10. The zero-order valence-electron chi connectivity index (χ0n) is 20.0. The van der Waals surface area contributed by atoms with Crippen LogP contribution in [0, 0.1) is 10.1 Å². The molecule has 1 aliphatic carbocycles. The van der Waals surface area contributed by atoms with Crippen LogP contribution >= 0.6 is 15.9 Å². The first-order chi connectivity index (χ1) is 18.0. The molecule has 0 radical (unpaired) electrons. The van der Waals surface area contributed by atoms with E-state index in [9.17, 15) is 14.9 Å². The van der Waals surface area contributed by atoms with Crippen molar-refractivity contribution < 1.29 is 14.5 Å². The number of ether oxygens (including phenoxy) is 1. The number of carbonyl (C=O) groups is 1. The monoisotopic (exact) mass is 560 g/mol. The Kier molecular flexibility index (Phi) is 7.32. The summed E-state index contributed by atoms with van der Waals surface area (Å²) < 4.78 is 8.69. The normalized spacial score (nSPS) is 14.2. The summed E-state index contributed by atoms with van der Waals surface area (Å²) in [5.74, 6) is 0.710. The number of nitro benzene ring substituents is 1. The van der Waals surface area contributed by atoms with Crippen molar-refractivity contribution in [1.29, 1.82) is 0 Å². The summed E-state index contributed by atoms with van der Waals surface area (Å²) in [4.78, 5) is 28.0. The number of rotatable bonds is 7. The number of hydrogen-bond donors (Lipinski definition) is 1. The molecule has 5 rings (SSSR count). The van der Waals surface area contributed by atoms with E-state index in [0.717, 1.165) is 28.8 Å². The van der Waals surface area contributed by atoms with E-state index in [2.05, 4.69) is 21.2 Å². The van der Waals surface area contributed by atoms with Crippen LogP contribution in [0.15, 0.2) is 77.4 Å². The third-order valence-corrected chi connectivity index (χ3v) is 6.87. The number of esters is 1. The van der Waals surface area contributed by atoms with Crippen LogP contribution in [0.3, 0.4) is 0 Å². The van der Waals surface area contributed by atoms with Gasteiger partial charge in [0.2, 0.25) is 0 Å². The Balaban J connectivity index is 1.44. The number of carbonyl (C=O) groups excluding carboxylic acids is 1. The largest absolute Gasteiger partial charge is 0.423 e. The minimum atomic E-state index is -0.556. The lowest BCUT2D eigenvalue weighted by Gasteiger charge is -2.24. The number of anilines is 1. The molecule has 37 heavy (non-hydrogen) atoms. The molecule has 0 saturated heterocycles. The molecule has 4 aromatic rings. The second-order valence-electron chi connectivity index (χ2n) is 8.96. The van der Waals surface area contributed by atoms with Gasteiger partial charge in [-0.05, 0) is 76.8 Å². The van der Waals surface area contributed by atoms with Crippen molar-refractivity contribution in [3.63, 3.8) is 0 Å². The number of nitrogens with zero attached hydrogens (tertiary/aromatic N) is 3. The van der Waals surface area contributed by atoms with E-state index in [1.165, 1.54) is 37.5 Å². The van der Waals surface area contributed by atoms with Crippen molar-refractivity contribution in [2.75, 3.05) is 5.32 Å². The van der Waals surface area contributed by atoms with Gasteiger partial charge in [0.1, 0.15) is 22.9 Å². The van der Waals surface area contributed by atoms with Crippen molar-refractivity contribution in [3.8, 4) is 17.0 Å². The zero-order valence-corrected chi connectivity index (χ0v) is 21.6. The fraction of sp³-hybridized carbons (Fsp3) is 0.214. The number of nitro groups is 1. The smallest absolute Gasteiger partial charge is 0.336 e. The molecule has 2 aromatic heterocycles. The van der Waals surface area contributed by atoms with Gasteiger partial charge in [-0.15, -0.1) is 0 Å². The highest BCUT2D eigenvalue weighted by Crippen LogP contribution is 2.37. The van der Waals surface area contributed by atoms with Gasteiger partial charge in [0.25, 0.3) is 5.69 Å². The van der Waals surface area contributed by atoms with Crippen LogP contribution in [0.5, 0.6) is 5.75 Å². The average Bonchev–Trinajstić information content (AvgIpc) is 3.25. The van der Waals surface area contributed by atoms with Crippen LogP contribution in [0.4, 0.5) is 11.5 Å². The number of benzene rings is 2. The van der Waals surface area contributed by atoms with Crippen LogP contribution in [0.2, 0.25) is 0 Å². The molecular formula is C28H25BrN4O4.